The number of halogens is 2. The van der Waals surface area contributed by atoms with Gasteiger partial charge in [0.1, 0.15) is 0 Å². The van der Waals surface area contributed by atoms with Crippen LogP contribution < -0.4 is 0 Å². The standard InChI is InChI=1S/C5H10Br2O/c1-4(6)2-5(7)3-8/h4-5,8H,2-3H2,1H3. The number of aliphatic hydroxyl groups excluding tert-OH is 1. The Morgan fingerprint density at radius 1 is 1.50 bits per heavy atom. The number of hydrogen-bond acceptors (Lipinski definition) is 1. The van der Waals surface area contributed by atoms with Crippen LogP contribution in [0.15, 0.2) is 0 Å². The van der Waals surface area contributed by atoms with Crippen LogP contribution in [0.3, 0.4) is 0 Å². The first-order valence-electron chi connectivity index (χ1n) is 2.55. The molecule has 0 fully saturated rings. The van der Waals surface area contributed by atoms with Crippen molar-refractivity contribution >= 4 is 31.9 Å². The third-order valence-electron chi connectivity index (χ3n) is 0.779. The zero-order valence-electron chi connectivity index (χ0n) is 4.77. The van der Waals surface area contributed by atoms with Crippen molar-refractivity contribution < 1.29 is 5.11 Å². The van der Waals surface area contributed by atoms with Gasteiger partial charge in [0.25, 0.3) is 0 Å². The lowest BCUT2D eigenvalue weighted by Gasteiger charge is -2.05. The van der Waals surface area contributed by atoms with Crippen LogP contribution in [0.25, 0.3) is 0 Å². The smallest absolute Gasteiger partial charge is 0.0556 e. The highest BCUT2D eigenvalue weighted by atomic mass is 79.9. The second-order valence-electron chi connectivity index (χ2n) is 1.80. The summed E-state index contributed by atoms with van der Waals surface area (Å²) < 4.78 is 0. The molecule has 1 N–H and O–H groups in total. The Balaban J connectivity index is 3.10. The minimum absolute atomic E-state index is 0.218. The average molecular weight is 246 g/mol. The van der Waals surface area contributed by atoms with Crippen molar-refractivity contribution in [3.05, 3.63) is 0 Å². The van der Waals surface area contributed by atoms with Crippen molar-refractivity contribution in [1.29, 1.82) is 0 Å². The zero-order chi connectivity index (χ0) is 6.57. The summed E-state index contributed by atoms with van der Waals surface area (Å²) in [6.07, 6.45) is 0.969. The van der Waals surface area contributed by atoms with E-state index in [1.54, 1.807) is 0 Å². The van der Waals surface area contributed by atoms with Gasteiger partial charge in [0.2, 0.25) is 0 Å². The molecule has 0 bridgehead atoms. The highest BCUT2D eigenvalue weighted by Crippen LogP contribution is 2.12. The van der Waals surface area contributed by atoms with Gasteiger partial charge < -0.3 is 5.11 Å². The van der Waals surface area contributed by atoms with E-state index in [1.165, 1.54) is 0 Å². The number of alkyl halides is 2. The number of hydrogen-bond donors (Lipinski definition) is 1. The molecule has 3 heteroatoms. The summed E-state index contributed by atoms with van der Waals surface area (Å²) in [4.78, 5) is 0.732. The van der Waals surface area contributed by atoms with Gasteiger partial charge in [-0.3, -0.25) is 0 Å². The summed E-state index contributed by atoms with van der Waals surface area (Å²) >= 11 is 6.67. The Kier molecular flexibility index (Phi) is 5.31. The summed E-state index contributed by atoms with van der Waals surface area (Å²) in [6, 6.07) is 0. The second-order valence-corrected chi connectivity index (χ2v) is 4.65. The molecule has 8 heavy (non-hydrogen) atoms. The molecule has 50 valence electrons. The molecule has 0 aromatic carbocycles. The molecular weight excluding hydrogens is 236 g/mol. The summed E-state index contributed by atoms with van der Waals surface area (Å²) in [5.41, 5.74) is 0. The van der Waals surface area contributed by atoms with E-state index in [1.807, 2.05) is 0 Å². The molecule has 0 saturated heterocycles. The summed E-state index contributed by atoms with van der Waals surface area (Å²) in [5, 5.41) is 8.52. The largest absolute Gasteiger partial charge is 0.395 e. The molecule has 0 spiro atoms. The van der Waals surface area contributed by atoms with Gasteiger partial charge in [-0.1, -0.05) is 38.8 Å². The minimum atomic E-state index is 0.218. The Morgan fingerprint density at radius 2 is 2.00 bits per heavy atom. The van der Waals surface area contributed by atoms with Crippen LogP contribution >= 0.6 is 31.9 Å². The summed E-state index contributed by atoms with van der Waals surface area (Å²) in [5.74, 6) is 0. The SMILES string of the molecule is CC(Br)CC(Br)CO. The van der Waals surface area contributed by atoms with Crippen molar-refractivity contribution in [2.45, 2.75) is 23.0 Å². The predicted molar refractivity (Wildman–Crippen MR) is 42.8 cm³/mol. The Morgan fingerprint density at radius 3 is 2.12 bits per heavy atom. The fourth-order valence-corrected chi connectivity index (χ4v) is 1.94. The van der Waals surface area contributed by atoms with Gasteiger partial charge in [0.15, 0.2) is 0 Å². The highest BCUT2D eigenvalue weighted by molar-refractivity contribution is 9.10. The molecule has 0 aliphatic carbocycles. The predicted octanol–water partition coefficient (Wildman–Crippen LogP) is 1.92. The van der Waals surface area contributed by atoms with Crippen LogP contribution in [0, 0.1) is 0 Å². The lowest BCUT2D eigenvalue weighted by molar-refractivity contribution is 0.293. The van der Waals surface area contributed by atoms with Gasteiger partial charge in [0, 0.05) is 9.65 Å². The molecule has 0 amide bonds. The molecule has 0 aliphatic rings. The summed E-state index contributed by atoms with van der Waals surface area (Å²) in [6.45, 7) is 2.28. The van der Waals surface area contributed by atoms with E-state index in [-0.39, 0.29) is 11.4 Å². The van der Waals surface area contributed by atoms with E-state index in [4.69, 9.17) is 5.11 Å². The van der Waals surface area contributed by atoms with Crippen molar-refractivity contribution in [3.8, 4) is 0 Å². The molecule has 2 atom stereocenters. The van der Waals surface area contributed by atoms with Crippen molar-refractivity contribution in [3.63, 3.8) is 0 Å². The maximum Gasteiger partial charge on any atom is 0.0556 e. The van der Waals surface area contributed by atoms with Crippen molar-refractivity contribution in [1.82, 2.24) is 0 Å². The van der Waals surface area contributed by atoms with E-state index in [0.717, 1.165) is 6.42 Å². The zero-order valence-corrected chi connectivity index (χ0v) is 7.94. The minimum Gasteiger partial charge on any atom is -0.395 e. The first kappa shape index (κ1) is 8.92. The fraction of sp³-hybridized carbons (Fsp3) is 1.00. The first-order chi connectivity index (χ1) is 3.66. The fourth-order valence-electron chi connectivity index (χ4n) is 0.427. The molecule has 0 aliphatic heterocycles. The van der Waals surface area contributed by atoms with Gasteiger partial charge >= 0.3 is 0 Å². The lowest BCUT2D eigenvalue weighted by atomic mass is 10.3. The van der Waals surface area contributed by atoms with Crippen LogP contribution in [0.5, 0.6) is 0 Å². The van der Waals surface area contributed by atoms with Gasteiger partial charge in [-0.15, -0.1) is 0 Å². The van der Waals surface area contributed by atoms with Crippen LogP contribution in [-0.2, 0) is 0 Å². The van der Waals surface area contributed by atoms with Gasteiger partial charge in [-0.25, -0.2) is 0 Å². The van der Waals surface area contributed by atoms with Crippen LogP contribution in [0.1, 0.15) is 13.3 Å². The highest BCUT2D eigenvalue weighted by Gasteiger charge is 2.04. The second kappa shape index (κ2) is 4.77. The van der Waals surface area contributed by atoms with Gasteiger partial charge in [0.05, 0.1) is 6.61 Å². The number of rotatable bonds is 3. The first-order valence-corrected chi connectivity index (χ1v) is 4.39. The molecule has 0 aromatic heterocycles. The van der Waals surface area contributed by atoms with E-state index >= 15 is 0 Å². The topological polar surface area (TPSA) is 20.2 Å². The average Bonchev–Trinajstić information content (AvgIpc) is 1.65. The maximum atomic E-state index is 8.52. The van der Waals surface area contributed by atoms with E-state index < -0.39 is 0 Å². The van der Waals surface area contributed by atoms with Crippen LogP contribution in [-0.4, -0.2) is 21.4 Å². The summed E-state index contributed by atoms with van der Waals surface area (Å²) in [7, 11) is 0. The molecule has 0 rings (SSSR count). The van der Waals surface area contributed by atoms with Crippen LogP contribution in [0.4, 0.5) is 0 Å². The van der Waals surface area contributed by atoms with E-state index in [0.29, 0.717) is 4.83 Å². The normalized spacial score (nSPS) is 18.0. The monoisotopic (exact) mass is 244 g/mol. The van der Waals surface area contributed by atoms with Gasteiger partial charge in [-0.05, 0) is 6.42 Å². The quantitative estimate of drug-likeness (QED) is 0.754. The van der Waals surface area contributed by atoms with E-state index in [9.17, 15) is 0 Å². The maximum absolute atomic E-state index is 8.52. The Hall–Kier alpha value is 0.920. The van der Waals surface area contributed by atoms with E-state index in [2.05, 4.69) is 38.8 Å². The molecule has 0 saturated carbocycles. The van der Waals surface area contributed by atoms with Crippen LogP contribution in [0.2, 0.25) is 0 Å². The molecule has 2 unspecified atom stereocenters. The van der Waals surface area contributed by atoms with Crippen molar-refractivity contribution in [2.75, 3.05) is 6.61 Å². The molecule has 1 nitrogen and oxygen atoms in total. The molecule has 0 radical (unpaired) electrons. The number of aliphatic hydroxyl groups is 1. The molecule has 0 aromatic rings. The molecular formula is C5H10Br2O. The Labute approximate surface area is 66.7 Å². The Bertz CT molecular complexity index is 56.4. The third kappa shape index (κ3) is 5.06. The third-order valence-corrected chi connectivity index (χ3v) is 1.82. The lowest BCUT2D eigenvalue weighted by Crippen LogP contribution is -2.08. The van der Waals surface area contributed by atoms with Crippen molar-refractivity contribution in [2.24, 2.45) is 0 Å². The molecule has 0 heterocycles. The van der Waals surface area contributed by atoms with Gasteiger partial charge in [-0.2, -0.15) is 0 Å².